The molecule has 2 rings (SSSR count). The van der Waals surface area contributed by atoms with Gasteiger partial charge in [-0.25, -0.2) is 0 Å². The Morgan fingerprint density at radius 3 is 2.90 bits per heavy atom. The van der Waals surface area contributed by atoms with Crippen LogP contribution in [0.15, 0.2) is 18.2 Å². The van der Waals surface area contributed by atoms with Gasteiger partial charge in [0.2, 0.25) is 0 Å². The Bertz CT molecular complexity index is 436. The summed E-state index contributed by atoms with van der Waals surface area (Å²) in [5.41, 5.74) is 0. The van der Waals surface area contributed by atoms with Crippen LogP contribution in [0, 0.1) is 5.92 Å². The molecule has 1 unspecified atom stereocenters. The maximum Gasteiger partial charge on any atom is 0.138 e. The van der Waals surface area contributed by atoms with Crippen LogP contribution in [0.3, 0.4) is 0 Å². The fourth-order valence-electron chi connectivity index (χ4n) is 2.70. The largest absolute Gasteiger partial charge is 0.491 e. The fourth-order valence-corrected chi connectivity index (χ4v) is 3.16. The zero-order valence-electron chi connectivity index (χ0n) is 12.6. The van der Waals surface area contributed by atoms with Gasteiger partial charge < -0.3 is 10.1 Å². The molecular weight excluding hydrogens is 307 g/mol. The van der Waals surface area contributed by atoms with Gasteiger partial charge in [-0.2, -0.15) is 0 Å². The lowest BCUT2D eigenvalue weighted by molar-refractivity contribution is 0.179. The molecule has 1 N–H and O–H groups in total. The van der Waals surface area contributed by atoms with Crippen LogP contribution < -0.4 is 10.1 Å². The Balaban J connectivity index is 1.74. The van der Waals surface area contributed by atoms with Crippen molar-refractivity contribution in [2.75, 3.05) is 39.3 Å². The molecule has 1 aromatic carbocycles. The summed E-state index contributed by atoms with van der Waals surface area (Å²) >= 11 is 12.0. The Labute approximate surface area is 137 Å². The highest BCUT2D eigenvalue weighted by Gasteiger charge is 2.16. The number of nitrogens with zero attached hydrogens (tertiary/aromatic N) is 1. The second-order valence-electron chi connectivity index (χ2n) is 5.53. The molecule has 5 heteroatoms. The summed E-state index contributed by atoms with van der Waals surface area (Å²) < 4.78 is 5.77. The van der Waals surface area contributed by atoms with Crippen LogP contribution in [0.1, 0.15) is 19.8 Å². The first-order chi connectivity index (χ1) is 10.2. The van der Waals surface area contributed by atoms with Crippen LogP contribution in [0.25, 0.3) is 0 Å². The Morgan fingerprint density at radius 2 is 2.24 bits per heavy atom. The number of piperidine rings is 1. The number of hydrogen-bond acceptors (Lipinski definition) is 3. The van der Waals surface area contributed by atoms with Gasteiger partial charge in [0.1, 0.15) is 12.4 Å². The van der Waals surface area contributed by atoms with Crippen molar-refractivity contribution in [1.29, 1.82) is 0 Å². The fraction of sp³-hybridized carbons (Fsp3) is 0.625. The van der Waals surface area contributed by atoms with Gasteiger partial charge in [-0.1, -0.05) is 30.1 Å². The van der Waals surface area contributed by atoms with E-state index in [-0.39, 0.29) is 0 Å². The van der Waals surface area contributed by atoms with E-state index >= 15 is 0 Å². The smallest absolute Gasteiger partial charge is 0.138 e. The molecule has 0 aromatic heterocycles. The number of nitrogens with one attached hydrogen (secondary N) is 1. The van der Waals surface area contributed by atoms with Crippen molar-refractivity contribution < 1.29 is 4.74 Å². The number of benzene rings is 1. The first-order valence-electron chi connectivity index (χ1n) is 7.70. The van der Waals surface area contributed by atoms with Crippen LogP contribution in [0.5, 0.6) is 5.75 Å². The summed E-state index contributed by atoms with van der Waals surface area (Å²) in [6, 6.07) is 5.34. The molecule has 21 heavy (non-hydrogen) atoms. The normalized spacial score (nSPS) is 19.0. The Kier molecular flexibility index (Phi) is 7.11. The molecule has 0 bridgehead atoms. The van der Waals surface area contributed by atoms with Crippen LogP contribution in [0.4, 0.5) is 0 Å². The Morgan fingerprint density at radius 1 is 1.38 bits per heavy atom. The van der Waals surface area contributed by atoms with Crippen LogP contribution in [0.2, 0.25) is 10.0 Å². The predicted molar refractivity (Wildman–Crippen MR) is 89.7 cm³/mol. The average Bonchev–Trinajstić information content (AvgIpc) is 2.49. The second-order valence-corrected chi connectivity index (χ2v) is 6.37. The molecule has 0 spiro atoms. The van der Waals surface area contributed by atoms with E-state index in [2.05, 4.69) is 17.1 Å². The first kappa shape index (κ1) is 16.9. The van der Waals surface area contributed by atoms with Gasteiger partial charge in [0.05, 0.1) is 5.02 Å². The van der Waals surface area contributed by atoms with E-state index < -0.39 is 0 Å². The van der Waals surface area contributed by atoms with Gasteiger partial charge in [0.25, 0.3) is 0 Å². The molecule has 0 saturated carbocycles. The van der Waals surface area contributed by atoms with Crippen molar-refractivity contribution >= 4 is 23.2 Å². The molecule has 1 heterocycles. The SMILES string of the molecule is CCN(CCOc1ccc(Cl)cc1Cl)CC1CCCNC1. The standard InChI is InChI=1S/C16H24Cl2N2O/c1-2-20(12-13-4-3-7-19-11-13)8-9-21-16-6-5-14(17)10-15(16)18/h5-6,10,13,19H,2-4,7-9,11-12H2,1H3. The number of halogens is 2. The monoisotopic (exact) mass is 330 g/mol. The van der Waals surface area contributed by atoms with Gasteiger partial charge in [0.15, 0.2) is 0 Å². The predicted octanol–water partition coefficient (Wildman–Crippen LogP) is 3.69. The van der Waals surface area contributed by atoms with Crippen molar-refractivity contribution in [3.8, 4) is 5.75 Å². The topological polar surface area (TPSA) is 24.5 Å². The minimum Gasteiger partial charge on any atom is -0.491 e. The molecule has 1 aliphatic rings. The minimum atomic E-state index is 0.571. The quantitative estimate of drug-likeness (QED) is 0.825. The lowest BCUT2D eigenvalue weighted by Crippen LogP contribution is -2.39. The maximum absolute atomic E-state index is 6.10. The molecule has 1 saturated heterocycles. The maximum atomic E-state index is 6.10. The number of rotatable bonds is 7. The van der Waals surface area contributed by atoms with E-state index in [0.717, 1.165) is 32.1 Å². The summed E-state index contributed by atoms with van der Waals surface area (Å²) in [7, 11) is 0. The highest BCUT2D eigenvalue weighted by atomic mass is 35.5. The van der Waals surface area contributed by atoms with Crippen molar-refractivity contribution in [2.24, 2.45) is 5.92 Å². The molecule has 118 valence electrons. The van der Waals surface area contributed by atoms with Gasteiger partial charge >= 0.3 is 0 Å². The van der Waals surface area contributed by atoms with Crippen molar-refractivity contribution in [3.05, 3.63) is 28.2 Å². The van der Waals surface area contributed by atoms with Crippen molar-refractivity contribution in [2.45, 2.75) is 19.8 Å². The molecule has 0 radical (unpaired) electrons. The lowest BCUT2D eigenvalue weighted by atomic mass is 9.99. The highest BCUT2D eigenvalue weighted by molar-refractivity contribution is 6.35. The van der Waals surface area contributed by atoms with E-state index in [1.165, 1.54) is 19.4 Å². The minimum absolute atomic E-state index is 0.571. The zero-order chi connectivity index (χ0) is 15.1. The van der Waals surface area contributed by atoms with Gasteiger partial charge in [-0.3, -0.25) is 4.90 Å². The molecule has 1 aliphatic heterocycles. The van der Waals surface area contributed by atoms with E-state index in [0.29, 0.717) is 22.4 Å². The third-order valence-corrected chi connectivity index (χ3v) is 4.45. The Hall–Kier alpha value is -0.480. The average molecular weight is 331 g/mol. The van der Waals surface area contributed by atoms with E-state index in [4.69, 9.17) is 27.9 Å². The van der Waals surface area contributed by atoms with Crippen molar-refractivity contribution in [3.63, 3.8) is 0 Å². The van der Waals surface area contributed by atoms with Gasteiger partial charge in [-0.05, 0) is 56.6 Å². The third kappa shape index (κ3) is 5.67. The zero-order valence-corrected chi connectivity index (χ0v) is 14.1. The molecular formula is C16H24Cl2N2O. The molecule has 0 aliphatic carbocycles. The molecule has 0 amide bonds. The number of hydrogen-bond donors (Lipinski definition) is 1. The third-order valence-electron chi connectivity index (χ3n) is 3.92. The summed E-state index contributed by atoms with van der Waals surface area (Å²) in [5, 5.41) is 4.67. The van der Waals surface area contributed by atoms with Crippen LogP contribution in [-0.2, 0) is 0 Å². The van der Waals surface area contributed by atoms with Gasteiger partial charge in [0, 0.05) is 18.1 Å². The van der Waals surface area contributed by atoms with E-state index in [1.54, 1.807) is 12.1 Å². The highest BCUT2D eigenvalue weighted by Crippen LogP contribution is 2.27. The van der Waals surface area contributed by atoms with Crippen LogP contribution in [-0.4, -0.2) is 44.2 Å². The summed E-state index contributed by atoms with van der Waals surface area (Å²) in [6.07, 6.45) is 2.62. The van der Waals surface area contributed by atoms with Crippen LogP contribution >= 0.6 is 23.2 Å². The lowest BCUT2D eigenvalue weighted by Gasteiger charge is -2.29. The second kappa shape index (κ2) is 8.84. The molecule has 1 atom stereocenters. The summed E-state index contributed by atoms with van der Waals surface area (Å²) in [6.45, 7) is 8.27. The number of likely N-dealkylation sites (N-methyl/N-ethyl adjacent to an activating group) is 1. The summed E-state index contributed by atoms with van der Waals surface area (Å²) in [5.74, 6) is 1.47. The van der Waals surface area contributed by atoms with E-state index in [9.17, 15) is 0 Å². The number of ether oxygens (including phenoxy) is 1. The molecule has 1 aromatic rings. The van der Waals surface area contributed by atoms with Crippen molar-refractivity contribution in [1.82, 2.24) is 10.2 Å². The van der Waals surface area contributed by atoms with Gasteiger partial charge in [-0.15, -0.1) is 0 Å². The molecule has 3 nitrogen and oxygen atoms in total. The van der Waals surface area contributed by atoms with E-state index in [1.807, 2.05) is 6.07 Å². The molecule has 1 fully saturated rings. The first-order valence-corrected chi connectivity index (χ1v) is 8.45. The summed E-state index contributed by atoms with van der Waals surface area (Å²) in [4.78, 5) is 2.45.